The second kappa shape index (κ2) is 7.05. The van der Waals surface area contributed by atoms with Crippen molar-refractivity contribution in [3.8, 4) is 0 Å². The normalized spacial score (nSPS) is 15.2. The Balaban J connectivity index is 2.78. The predicted molar refractivity (Wildman–Crippen MR) is 77.3 cm³/mol. The van der Waals surface area contributed by atoms with Crippen molar-refractivity contribution in [3.63, 3.8) is 0 Å². The first-order valence-corrected chi connectivity index (χ1v) is 6.73. The Hall–Kier alpha value is -1.88. The van der Waals surface area contributed by atoms with Crippen LogP contribution in [0.15, 0.2) is 30.3 Å². The Bertz CT molecular complexity index is 461. The molecule has 0 heterocycles. The van der Waals surface area contributed by atoms with Gasteiger partial charge < -0.3 is 15.7 Å². The lowest BCUT2D eigenvalue weighted by atomic mass is 9.92. The summed E-state index contributed by atoms with van der Waals surface area (Å²) >= 11 is 0. The van der Waals surface area contributed by atoms with Crippen LogP contribution in [0, 0.1) is 0 Å². The van der Waals surface area contributed by atoms with Crippen molar-refractivity contribution in [3.05, 3.63) is 35.9 Å². The monoisotopic (exact) mass is 278 g/mol. The van der Waals surface area contributed by atoms with E-state index in [9.17, 15) is 14.7 Å². The number of nitrogens with one attached hydrogen (secondary N) is 2. The molecule has 1 aromatic rings. The van der Waals surface area contributed by atoms with Crippen molar-refractivity contribution in [2.24, 2.45) is 0 Å². The maximum Gasteiger partial charge on any atom is 0.333 e. The highest BCUT2D eigenvalue weighted by molar-refractivity contribution is 5.88. The average molecular weight is 278 g/mol. The molecule has 110 valence electrons. The Morgan fingerprint density at radius 2 is 1.90 bits per heavy atom. The second-order valence-electron chi connectivity index (χ2n) is 5.03. The first-order valence-electron chi connectivity index (χ1n) is 6.73. The summed E-state index contributed by atoms with van der Waals surface area (Å²) in [5.41, 5.74) is -0.875. The van der Waals surface area contributed by atoms with Gasteiger partial charge in [-0.25, -0.2) is 4.79 Å². The lowest BCUT2D eigenvalue weighted by Gasteiger charge is -2.27. The number of carbonyl (C=O) groups is 2. The van der Waals surface area contributed by atoms with E-state index in [1.807, 2.05) is 13.8 Å². The molecule has 20 heavy (non-hydrogen) atoms. The zero-order chi connectivity index (χ0) is 15.2. The number of carboxylic acid groups (broad SMARTS) is 1. The Kier molecular flexibility index (Phi) is 5.70. The molecule has 0 radical (unpaired) electrons. The fourth-order valence-corrected chi connectivity index (χ4v) is 1.75. The topological polar surface area (TPSA) is 78.4 Å². The van der Waals surface area contributed by atoms with Crippen LogP contribution in [0.3, 0.4) is 0 Å². The van der Waals surface area contributed by atoms with Crippen LogP contribution in [0.5, 0.6) is 0 Å². The molecule has 0 spiro atoms. The van der Waals surface area contributed by atoms with Gasteiger partial charge in [-0.15, -0.1) is 0 Å². The van der Waals surface area contributed by atoms with Crippen LogP contribution < -0.4 is 10.6 Å². The smallest absolute Gasteiger partial charge is 0.333 e. The fourth-order valence-electron chi connectivity index (χ4n) is 1.75. The highest BCUT2D eigenvalue weighted by atomic mass is 16.4. The third-order valence-electron chi connectivity index (χ3n) is 3.39. The van der Waals surface area contributed by atoms with Crippen molar-refractivity contribution < 1.29 is 14.7 Å². The maximum atomic E-state index is 11.9. The highest BCUT2D eigenvalue weighted by Crippen LogP contribution is 2.20. The molecule has 0 bridgehead atoms. The van der Waals surface area contributed by atoms with Crippen LogP contribution in [0.2, 0.25) is 0 Å². The summed E-state index contributed by atoms with van der Waals surface area (Å²) in [6, 6.07) is 8.90. The summed E-state index contributed by atoms with van der Waals surface area (Å²) in [5, 5.41) is 15.1. The molecule has 0 saturated heterocycles. The third-order valence-corrected chi connectivity index (χ3v) is 3.39. The molecule has 0 aliphatic carbocycles. The molecule has 0 aliphatic heterocycles. The summed E-state index contributed by atoms with van der Waals surface area (Å²) in [6.45, 7) is 5.58. The summed E-state index contributed by atoms with van der Waals surface area (Å²) in [4.78, 5) is 23.4. The Morgan fingerprint density at radius 1 is 1.30 bits per heavy atom. The fraction of sp³-hybridized carbons (Fsp3) is 0.467. The Labute approximate surface area is 119 Å². The molecule has 1 aromatic carbocycles. The van der Waals surface area contributed by atoms with E-state index >= 15 is 0 Å². The van der Waals surface area contributed by atoms with Crippen molar-refractivity contribution in [1.82, 2.24) is 10.6 Å². The summed E-state index contributed by atoms with van der Waals surface area (Å²) < 4.78 is 0. The van der Waals surface area contributed by atoms with Gasteiger partial charge in [-0.2, -0.15) is 0 Å². The summed E-state index contributed by atoms with van der Waals surface area (Å²) in [7, 11) is 0. The maximum absolute atomic E-state index is 11.9. The van der Waals surface area contributed by atoms with Gasteiger partial charge in [0.25, 0.3) is 0 Å². The number of benzene rings is 1. The van der Waals surface area contributed by atoms with Crippen LogP contribution in [0.25, 0.3) is 0 Å². The van der Waals surface area contributed by atoms with Gasteiger partial charge in [-0.1, -0.05) is 37.3 Å². The van der Waals surface area contributed by atoms with Gasteiger partial charge in [-0.05, 0) is 25.8 Å². The largest absolute Gasteiger partial charge is 0.479 e. The van der Waals surface area contributed by atoms with Gasteiger partial charge >= 0.3 is 5.97 Å². The third kappa shape index (κ3) is 4.06. The first-order chi connectivity index (χ1) is 9.40. The first kappa shape index (κ1) is 16.2. The van der Waals surface area contributed by atoms with Crippen LogP contribution in [0.4, 0.5) is 0 Å². The van der Waals surface area contributed by atoms with E-state index < -0.39 is 11.5 Å². The van der Waals surface area contributed by atoms with Crippen molar-refractivity contribution in [2.75, 3.05) is 6.54 Å². The predicted octanol–water partition coefficient (Wildman–Crippen LogP) is 1.49. The number of aliphatic carboxylic acids is 1. The summed E-state index contributed by atoms with van der Waals surface area (Å²) in [6.07, 6.45) is 0.905. The standard InChI is InChI=1S/C15H22N2O3/c1-4-11(2)16-10-13(18)17-15(3,14(19)20)12-8-6-5-7-9-12/h5-9,11,16H,4,10H2,1-3H3,(H,17,18)(H,19,20). The molecule has 2 unspecified atom stereocenters. The SMILES string of the molecule is CCC(C)NCC(=O)NC(C)(C(=O)O)c1ccccc1. The minimum atomic E-state index is -1.42. The second-order valence-corrected chi connectivity index (χ2v) is 5.03. The van der Waals surface area contributed by atoms with Gasteiger partial charge in [0.15, 0.2) is 5.54 Å². The van der Waals surface area contributed by atoms with Gasteiger partial charge in [0.05, 0.1) is 6.54 Å². The lowest BCUT2D eigenvalue weighted by Crippen LogP contribution is -2.52. The van der Waals surface area contributed by atoms with E-state index in [-0.39, 0.29) is 18.5 Å². The number of carbonyl (C=O) groups excluding carboxylic acids is 1. The molecule has 5 heteroatoms. The Morgan fingerprint density at radius 3 is 2.40 bits per heavy atom. The molecule has 0 aromatic heterocycles. The van der Waals surface area contributed by atoms with E-state index in [0.29, 0.717) is 5.56 Å². The number of rotatable bonds is 7. The van der Waals surface area contributed by atoms with E-state index in [1.54, 1.807) is 30.3 Å². The zero-order valence-electron chi connectivity index (χ0n) is 12.1. The number of hydrogen-bond donors (Lipinski definition) is 3. The van der Waals surface area contributed by atoms with Gasteiger partial charge in [0.1, 0.15) is 0 Å². The van der Waals surface area contributed by atoms with Gasteiger partial charge in [0.2, 0.25) is 5.91 Å². The van der Waals surface area contributed by atoms with Crippen molar-refractivity contribution in [2.45, 2.75) is 38.8 Å². The molecule has 1 amide bonds. The summed E-state index contributed by atoms with van der Waals surface area (Å²) in [5.74, 6) is -1.42. The minimum Gasteiger partial charge on any atom is -0.479 e. The molecule has 5 nitrogen and oxygen atoms in total. The molecule has 0 fully saturated rings. The molecule has 1 rings (SSSR count). The zero-order valence-corrected chi connectivity index (χ0v) is 12.1. The molecular weight excluding hydrogens is 256 g/mol. The molecular formula is C15H22N2O3. The number of hydrogen-bond acceptors (Lipinski definition) is 3. The van der Waals surface area contributed by atoms with Gasteiger partial charge in [0, 0.05) is 6.04 Å². The minimum absolute atomic E-state index is 0.102. The average Bonchev–Trinajstić information content (AvgIpc) is 2.45. The van der Waals surface area contributed by atoms with Gasteiger partial charge in [-0.3, -0.25) is 4.79 Å². The highest BCUT2D eigenvalue weighted by Gasteiger charge is 2.36. The van der Waals surface area contributed by atoms with Crippen molar-refractivity contribution in [1.29, 1.82) is 0 Å². The molecule has 3 N–H and O–H groups in total. The van der Waals surface area contributed by atoms with E-state index in [1.165, 1.54) is 6.92 Å². The van der Waals surface area contributed by atoms with Crippen LogP contribution >= 0.6 is 0 Å². The molecule has 0 aliphatic rings. The van der Waals surface area contributed by atoms with E-state index in [0.717, 1.165) is 6.42 Å². The van der Waals surface area contributed by atoms with Crippen LogP contribution in [-0.2, 0) is 15.1 Å². The van der Waals surface area contributed by atoms with Crippen LogP contribution in [0.1, 0.15) is 32.8 Å². The lowest BCUT2D eigenvalue weighted by molar-refractivity contribution is -0.147. The number of carboxylic acids is 1. The molecule has 2 atom stereocenters. The number of amides is 1. The van der Waals surface area contributed by atoms with Crippen LogP contribution in [-0.4, -0.2) is 29.6 Å². The van der Waals surface area contributed by atoms with E-state index in [2.05, 4.69) is 10.6 Å². The quantitative estimate of drug-likeness (QED) is 0.706. The van der Waals surface area contributed by atoms with E-state index in [4.69, 9.17) is 0 Å². The molecule has 0 saturated carbocycles. The van der Waals surface area contributed by atoms with Crippen molar-refractivity contribution >= 4 is 11.9 Å².